The number of nitrogens with zero attached hydrogens (tertiary/aromatic N) is 2. The number of hydrogen-bond acceptors (Lipinski definition) is 4. The summed E-state index contributed by atoms with van der Waals surface area (Å²) in [6.45, 7) is -0.255. The Morgan fingerprint density at radius 2 is 2.08 bits per heavy atom. The minimum atomic E-state index is -1.25. The Morgan fingerprint density at radius 1 is 1.36 bits per heavy atom. The Hall–Kier alpha value is -2.44. The van der Waals surface area contributed by atoms with Crippen LogP contribution in [0.2, 0.25) is 0 Å². The fraction of sp³-hybridized carbons (Fsp3) is 0.444. The van der Waals surface area contributed by atoms with E-state index in [4.69, 9.17) is 10.5 Å². The van der Waals surface area contributed by atoms with E-state index in [0.717, 1.165) is 31.4 Å². The third-order valence-electron chi connectivity index (χ3n) is 4.75. The van der Waals surface area contributed by atoms with E-state index in [-0.39, 0.29) is 24.4 Å². The molecule has 0 bridgehead atoms. The lowest BCUT2D eigenvalue weighted by atomic mass is 9.82. The molecule has 0 radical (unpaired) electrons. The fourth-order valence-electron chi connectivity index (χ4n) is 3.38. The first-order valence-corrected chi connectivity index (χ1v) is 8.28. The van der Waals surface area contributed by atoms with Crippen LogP contribution in [-0.4, -0.2) is 36.0 Å². The predicted molar refractivity (Wildman–Crippen MR) is 90.1 cm³/mol. The van der Waals surface area contributed by atoms with Crippen molar-refractivity contribution in [2.45, 2.75) is 31.2 Å². The van der Waals surface area contributed by atoms with E-state index in [9.17, 15) is 13.6 Å². The first-order valence-electron chi connectivity index (χ1n) is 8.28. The maximum atomic E-state index is 13.8. The molecular formula is C18H21F2N3O2. The average molecular weight is 349 g/mol. The van der Waals surface area contributed by atoms with Crippen molar-refractivity contribution in [1.29, 1.82) is 0 Å². The maximum Gasteiger partial charge on any atom is 0.260 e. The molecule has 2 aliphatic rings. The molecule has 0 spiro atoms. The topological polar surface area (TPSA) is 67.9 Å². The molecule has 0 fully saturated rings. The van der Waals surface area contributed by atoms with Gasteiger partial charge in [-0.25, -0.2) is 13.8 Å². The highest BCUT2D eigenvalue weighted by Crippen LogP contribution is 2.35. The van der Waals surface area contributed by atoms with Gasteiger partial charge in [-0.05, 0) is 43.7 Å². The summed E-state index contributed by atoms with van der Waals surface area (Å²) in [7, 11) is 1.54. The van der Waals surface area contributed by atoms with Crippen molar-refractivity contribution < 1.29 is 18.3 Å². The Kier molecular flexibility index (Phi) is 4.74. The Morgan fingerprint density at radius 3 is 2.64 bits per heavy atom. The maximum absolute atomic E-state index is 13.8. The van der Waals surface area contributed by atoms with Crippen molar-refractivity contribution in [2.75, 3.05) is 13.7 Å². The molecule has 3 rings (SSSR count). The van der Waals surface area contributed by atoms with E-state index >= 15 is 0 Å². The number of carbonyl (C=O) groups is 1. The van der Waals surface area contributed by atoms with Crippen LogP contribution >= 0.6 is 0 Å². The molecule has 25 heavy (non-hydrogen) atoms. The first kappa shape index (κ1) is 17.4. The second-order valence-electron chi connectivity index (χ2n) is 6.56. The van der Waals surface area contributed by atoms with Crippen LogP contribution in [0.15, 0.2) is 35.3 Å². The standard InChI is InChI=1S/C18H21F2N3O2/c1-23-16(24)18(22-17(23)21,10-12-6-3-2-4-7-12)11-25-15-13(19)8-5-9-14(15)20/h2-3,5,8-9,12H,4,6-7,10-11H2,1H3,(H2,21,22). The Bertz CT molecular complexity index is 715. The number of likely N-dealkylation sites (N-methyl/N-ethyl adjacent to an activating group) is 1. The third kappa shape index (κ3) is 3.36. The van der Waals surface area contributed by atoms with Gasteiger partial charge >= 0.3 is 0 Å². The van der Waals surface area contributed by atoms with Crippen molar-refractivity contribution in [3.8, 4) is 5.75 Å². The molecule has 1 aromatic carbocycles. The van der Waals surface area contributed by atoms with Gasteiger partial charge < -0.3 is 10.5 Å². The van der Waals surface area contributed by atoms with Crippen LogP contribution in [0, 0.1) is 17.6 Å². The molecule has 134 valence electrons. The average Bonchev–Trinajstić information content (AvgIpc) is 2.80. The molecule has 7 heteroatoms. The van der Waals surface area contributed by atoms with E-state index in [2.05, 4.69) is 17.1 Å². The number of allylic oxidation sites excluding steroid dienone is 2. The van der Waals surface area contributed by atoms with Crippen LogP contribution in [-0.2, 0) is 4.79 Å². The number of halogens is 2. The largest absolute Gasteiger partial charge is 0.484 e. The van der Waals surface area contributed by atoms with Crippen molar-refractivity contribution in [2.24, 2.45) is 16.6 Å². The molecule has 0 saturated carbocycles. The molecule has 0 saturated heterocycles. The quantitative estimate of drug-likeness (QED) is 0.831. The van der Waals surface area contributed by atoms with Crippen LogP contribution in [0.25, 0.3) is 0 Å². The van der Waals surface area contributed by atoms with Crippen LogP contribution in [0.4, 0.5) is 8.78 Å². The SMILES string of the molecule is CN1C(=O)C(COc2c(F)cccc2F)(CC2CC=CCC2)N=C1N. The van der Waals surface area contributed by atoms with Gasteiger partial charge in [-0.15, -0.1) is 0 Å². The van der Waals surface area contributed by atoms with Crippen molar-refractivity contribution >= 4 is 11.9 Å². The summed E-state index contributed by atoms with van der Waals surface area (Å²) in [4.78, 5) is 18.3. The lowest BCUT2D eigenvalue weighted by Crippen LogP contribution is -2.47. The number of nitrogens with two attached hydrogens (primary N) is 1. The van der Waals surface area contributed by atoms with Crippen LogP contribution in [0.1, 0.15) is 25.7 Å². The smallest absolute Gasteiger partial charge is 0.260 e. The lowest BCUT2D eigenvalue weighted by Gasteiger charge is -2.30. The summed E-state index contributed by atoms with van der Waals surface area (Å²) < 4.78 is 33.0. The van der Waals surface area contributed by atoms with E-state index in [1.807, 2.05) is 0 Å². The molecule has 1 aromatic rings. The molecule has 1 heterocycles. The molecule has 2 N–H and O–H groups in total. The third-order valence-corrected chi connectivity index (χ3v) is 4.75. The molecule has 1 aliphatic heterocycles. The van der Waals surface area contributed by atoms with Crippen molar-refractivity contribution in [3.05, 3.63) is 42.0 Å². The molecule has 1 amide bonds. The number of para-hydroxylation sites is 1. The normalized spacial score (nSPS) is 26.0. The van der Waals surface area contributed by atoms with Gasteiger partial charge in [-0.2, -0.15) is 0 Å². The van der Waals surface area contributed by atoms with Crippen LogP contribution in [0.3, 0.4) is 0 Å². The van der Waals surface area contributed by atoms with Gasteiger partial charge in [0, 0.05) is 7.05 Å². The van der Waals surface area contributed by atoms with Gasteiger partial charge in [0.05, 0.1) is 0 Å². The van der Waals surface area contributed by atoms with E-state index in [1.165, 1.54) is 18.0 Å². The minimum absolute atomic E-state index is 0.0916. The van der Waals surface area contributed by atoms with Gasteiger partial charge in [-0.1, -0.05) is 18.2 Å². The zero-order valence-corrected chi connectivity index (χ0v) is 14.0. The van der Waals surface area contributed by atoms with Gasteiger partial charge in [-0.3, -0.25) is 9.69 Å². The monoisotopic (exact) mass is 349 g/mol. The van der Waals surface area contributed by atoms with Crippen molar-refractivity contribution in [3.63, 3.8) is 0 Å². The summed E-state index contributed by atoms with van der Waals surface area (Å²) in [5, 5.41) is 0. The summed E-state index contributed by atoms with van der Waals surface area (Å²) in [6, 6.07) is 3.47. The number of ether oxygens (including phenoxy) is 1. The molecule has 5 nitrogen and oxygen atoms in total. The van der Waals surface area contributed by atoms with E-state index < -0.39 is 22.9 Å². The highest BCUT2D eigenvalue weighted by molar-refractivity contribution is 6.06. The number of hydrogen-bond donors (Lipinski definition) is 1. The highest BCUT2D eigenvalue weighted by Gasteiger charge is 2.48. The fourth-order valence-corrected chi connectivity index (χ4v) is 3.38. The van der Waals surface area contributed by atoms with Crippen LogP contribution in [0.5, 0.6) is 5.75 Å². The lowest BCUT2D eigenvalue weighted by molar-refractivity contribution is -0.132. The number of benzene rings is 1. The van der Waals surface area contributed by atoms with Gasteiger partial charge in [0.1, 0.15) is 6.61 Å². The summed E-state index contributed by atoms with van der Waals surface area (Å²) in [6.07, 6.45) is 7.31. The number of amides is 1. The minimum Gasteiger partial charge on any atom is -0.484 e. The number of guanidine groups is 1. The van der Waals surface area contributed by atoms with E-state index in [0.29, 0.717) is 6.42 Å². The zero-order chi connectivity index (χ0) is 18.0. The number of aliphatic imine (C=N–C) groups is 1. The van der Waals surface area contributed by atoms with Crippen LogP contribution < -0.4 is 10.5 Å². The Labute approximate surface area is 145 Å². The van der Waals surface area contributed by atoms with Gasteiger partial charge in [0.25, 0.3) is 5.91 Å². The zero-order valence-electron chi connectivity index (χ0n) is 14.0. The summed E-state index contributed by atoms with van der Waals surface area (Å²) in [5.74, 6) is -2.10. The number of carbonyl (C=O) groups excluding carboxylic acids is 1. The van der Waals surface area contributed by atoms with E-state index in [1.54, 1.807) is 0 Å². The summed E-state index contributed by atoms with van der Waals surface area (Å²) >= 11 is 0. The molecule has 1 aliphatic carbocycles. The number of rotatable bonds is 5. The predicted octanol–water partition coefficient (Wildman–Crippen LogP) is 2.62. The first-order chi connectivity index (χ1) is 11.9. The van der Waals surface area contributed by atoms with Crippen molar-refractivity contribution in [1.82, 2.24) is 4.90 Å². The highest BCUT2D eigenvalue weighted by atomic mass is 19.1. The molecule has 2 unspecified atom stereocenters. The Balaban J connectivity index is 1.84. The molecular weight excluding hydrogens is 328 g/mol. The molecule has 0 aromatic heterocycles. The summed E-state index contributed by atoms with van der Waals surface area (Å²) in [5.41, 5.74) is 4.57. The van der Waals surface area contributed by atoms with Gasteiger partial charge in [0.2, 0.25) is 0 Å². The molecule has 2 atom stereocenters. The second-order valence-corrected chi connectivity index (χ2v) is 6.56. The van der Waals surface area contributed by atoms with Gasteiger partial charge in [0.15, 0.2) is 28.9 Å². The second kappa shape index (κ2) is 6.82.